The van der Waals surface area contributed by atoms with Gasteiger partial charge in [-0.05, 0) is 18.6 Å². The monoisotopic (exact) mass is 219 g/mol. The predicted molar refractivity (Wildman–Crippen MR) is 53.9 cm³/mol. The number of aryl methyl sites for hydroxylation is 1. The number of carbonyl (C=O) groups excluding carboxylic acids is 1. The van der Waals surface area contributed by atoms with E-state index >= 15 is 0 Å². The number of nitrogens with zero attached hydrogens (tertiary/aromatic N) is 1. The van der Waals surface area contributed by atoms with Crippen LogP contribution >= 0.6 is 0 Å². The third-order valence-corrected chi connectivity index (χ3v) is 2.25. The van der Waals surface area contributed by atoms with Crippen molar-refractivity contribution in [3.8, 4) is 6.07 Å². The second kappa shape index (κ2) is 4.55. The number of aliphatic hydroxyl groups excluding tert-OH is 1. The van der Waals surface area contributed by atoms with Gasteiger partial charge in [0.05, 0.1) is 11.6 Å². The Morgan fingerprint density at radius 2 is 2.19 bits per heavy atom. The first kappa shape index (κ1) is 11.9. The molecule has 1 aromatic carbocycles. The molecule has 1 unspecified atom stereocenters. The van der Waals surface area contributed by atoms with E-state index in [2.05, 4.69) is 0 Å². The van der Waals surface area contributed by atoms with Gasteiger partial charge in [-0.25, -0.2) is 4.79 Å². The number of aliphatic carboxylic acids is 1. The van der Waals surface area contributed by atoms with E-state index in [4.69, 9.17) is 10.4 Å². The van der Waals surface area contributed by atoms with E-state index in [9.17, 15) is 14.7 Å². The first-order chi connectivity index (χ1) is 7.52. The summed E-state index contributed by atoms with van der Waals surface area (Å²) in [6.45, 7) is 1.60. The Morgan fingerprint density at radius 3 is 2.62 bits per heavy atom. The molecule has 0 spiro atoms. The van der Waals surface area contributed by atoms with Crippen molar-refractivity contribution in [1.29, 1.82) is 5.26 Å². The minimum atomic E-state index is -1.87. The lowest BCUT2D eigenvalue weighted by molar-refractivity contribution is -0.146. The van der Waals surface area contributed by atoms with Crippen LogP contribution < -0.4 is 0 Å². The lowest BCUT2D eigenvalue weighted by Crippen LogP contribution is -2.15. The Hall–Kier alpha value is -2.19. The van der Waals surface area contributed by atoms with Gasteiger partial charge in [-0.15, -0.1) is 0 Å². The summed E-state index contributed by atoms with van der Waals surface area (Å²) in [5.74, 6) is -1.50. The van der Waals surface area contributed by atoms with Crippen LogP contribution in [0, 0.1) is 18.3 Å². The molecule has 0 aliphatic rings. The van der Waals surface area contributed by atoms with E-state index in [1.54, 1.807) is 13.0 Å². The Kier molecular flexibility index (Phi) is 3.38. The number of carboxylic acids is 1. The number of nitriles is 1. The molecule has 1 rings (SSSR count). The van der Waals surface area contributed by atoms with E-state index in [0.717, 1.165) is 0 Å². The number of carboxylic acid groups (broad SMARTS) is 1. The molecule has 0 amide bonds. The fraction of sp³-hybridized carbons (Fsp3) is 0.182. The zero-order chi connectivity index (χ0) is 12.3. The zero-order valence-electron chi connectivity index (χ0n) is 8.47. The molecule has 82 valence electrons. The number of aldehydes is 1. The largest absolute Gasteiger partial charge is 0.479 e. The molecule has 2 N–H and O–H groups in total. The summed E-state index contributed by atoms with van der Waals surface area (Å²) < 4.78 is 0. The number of rotatable bonds is 3. The molecular formula is C11H9NO4. The molecule has 16 heavy (non-hydrogen) atoms. The van der Waals surface area contributed by atoms with Crippen molar-refractivity contribution in [2.24, 2.45) is 0 Å². The van der Waals surface area contributed by atoms with Crippen LogP contribution in [0.15, 0.2) is 12.1 Å². The first-order valence-corrected chi connectivity index (χ1v) is 4.42. The van der Waals surface area contributed by atoms with Crippen LogP contribution in [0.5, 0.6) is 0 Å². The molecule has 0 bridgehead atoms. The SMILES string of the molecule is Cc1ccc(C#N)c(C(O)C(=O)O)c1C=O. The van der Waals surface area contributed by atoms with Gasteiger partial charge < -0.3 is 10.2 Å². The molecule has 0 saturated heterocycles. The fourth-order valence-corrected chi connectivity index (χ4v) is 1.42. The molecule has 0 aliphatic carbocycles. The number of carbonyl (C=O) groups is 2. The molecular weight excluding hydrogens is 210 g/mol. The molecule has 0 aliphatic heterocycles. The number of hydrogen-bond donors (Lipinski definition) is 2. The highest BCUT2D eigenvalue weighted by Crippen LogP contribution is 2.24. The lowest BCUT2D eigenvalue weighted by Gasteiger charge is -2.12. The highest BCUT2D eigenvalue weighted by molar-refractivity contribution is 5.86. The standard InChI is InChI=1S/C11H9NO4/c1-6-2-3-7(4-12)9(8(6)5-13)10(14)11(15)16/h2-3,5,10,14H,1H3,(H,15,16). The van der Waals surface area contributed by atoms with Crippen LogP contribution in [0.1, 0.15) is 33.2 Å². The van der Waals surface area contributed by atoms with Gasteiger partial charge >= 0.3 is 5.97 Å². The number of aliphatic hydroxyl groups is 1. The fourth-order valence-electron chi connectivity index (χ4n) is 1.42. The van der Waals surface area contributed by atoms with E-state index in [0.29, 0.717) is 11.8 Å². The van der Waals surface area contributed by atoms with Crippen LogP contribution in [0.3, 0.4) is 0 Å². The van der Waals surface area contributed by atoms with Crippen molar-refractivity contribution in [1.82, 2.24) is 0 Å². The summed E-state index contributed by atoms with van der Waals surface area (Å²) in [4.78, 5) is 21.5. The zero-order valence-corrected chi connectivity index (χ0v) is 8.47. The molecule has 1 aromatic rings. The minimum absolute atomic E-state index is 0.0115. The van der Waals surface area contributed by atoms with Gasteiger partial charge in [-0.3, -0.25) is 4.79 Å². The average molecular weight is 219 g/mol. The van der Waals surface area contributed by atoms with Crippen LogP contribution in [-0.4, -0.2) is 22.5 Å². The summed E-state index contributed by atoms with van der Waals surface area (Å²) in [7, 11) is 0. The van der Waals surface area contributed by atoms with Crippen molar-refractivity contribution in [3.63, 3.8) is 0 Å². The maximum absolute atomic E-state index is 10.8. The number of benzene rings is 1. The van der Waals surface area contributed by atoms with Gasteiger partial charge in [0, 0.05) is 11.1 Å². The van der Waals surface area contributed by atoms with Gasteiger partial charge in [0.1, 0.15) is 0 Å². The van der Waals surface area contributed by atoms with Gasteiger partial charge in [-0.2, -0.15) is 5.26 Å². The highest BCUT2D eigenvalue weighted by atomic mass is 16.4. The third kappa shape index (κ3) is 1.92. The Labute approximate surface area is 91.6 Å². The van der Waals surface area contributed by atoms with E-state index in [1.807, 2.05) is 0 Å². The second-order valence-corrected chi connectivity index (χ2v) is 3.23. The Morgan fingerprint density at radius 1 is 1.56 bits per heavy atom. The van der Waals surface area contributed by atoms with E-state index < -0.39 is 12.1 Å². The summed E-state index contributed by atoms with van der Waals surface area (Å²) in [5, 5.41) is 26.9. The molecule has 0 saturated carbocycles. The normalized spacial score (nSPS) is 11.6. The third-order valence-electron chi connectivity index (χ3n) is 2.25. The molecule has 1 atom stereocenters. The van der Waals surface area contributed by atoms with Gasteiger partial charge in [-0.1, -0.05) is 6.07 Å². The van der Waals surface area contributed by atoms with Gasteiger partial charge in [0.25, 0.3) is 0 Å². The summed E-state index contributed by atoms with van der Waals surface area (Å²) in [5.41, 5.74) is 0.408. The molecule has 0 radical (unpaired) electrons. The lowest BCUT2D eigenvalue weighted by atomic mass is 9.94. The Balaban J connectivity index is 3.55. The summed E-state index contributed by atoms with van der Waals surface area (Å²) >= 11 is 0. The molecule has 0 heterocycles. The van der Waals surface area contributed by atoms with Crippen molar-refractivity contribution >= 4 is 12.3 Å². The second-order valence-electron chi connectivity index (χ2n) is 3.23. The maximum Gasteiger partial charge on any atom is 0.337 e. The van der Waals surface area contributed by atoms with Crippen LogP contribution in [0.25, 0.3) is 0 Å². The Bertz CT molecular complexity index is 487. The molecule has 0 aromatic heterocycles. The quantitative estimate of drug-likeness (QED) is 0.732. The van der Waals surface area contributed by atoms with Crippen molar-refractivity contribution in [2.75, 3.05) is 0 Å². The van der Waals surface area contributed by atoms with Crippen LogP contribution in [0.2, 0.25) is 0 Å². The van der Waals surface area contributed by atoms with Crippen molar-refractivity contribution in [3.05, 3.63) is 34.4 Å². The maximum atomic E-state index is 10.8. The average Bonchev–Trinajstić information content (AvgIpc) is 2.27. The summed E-state index contributed by atoms with van der Waals surface area (Å²) in [6, 6.07) is 4.66. The van der Waals surface area contributed by atoms with Crippen LogP contribution in [0.4, 0.5) is 0 Å². The first-order valence-electron chi connectivity index (χ1n) is 4.42. The highest BCUT2D eigenvalue weighted by Gasteiger charge is 2.24. The van der Waals surface area contributed by atoms with Gasteiger partial charge in [0.15, 0.2) is 12.4 Å². The smallest absolute Gasteiger partial charge is 0.337 e. The van der Waals surface area contributed by atoms with Crippen molar-refractivity contribution in [2.45, 2.75) is 13.0 Å². The van der Waals surface area contributed by atoms with Crippen molar-refractivity contribution < 1.29 is 19.8 Å². The molecule has 5 nitrogen and oxygen atoms in total. The van der Waals surface area contributed by atoms with Gasteiger partial charge in [0.2, 0.25) is 0 Å². The minimum Gasteiger partial charge on any atom is -0.479 e. The topological polar surface area (TPSA) is 98.4 Å². The summed E-state index contributed by atoms with van der Waals surface area (Å²) in [6.07, 6.45) is -1.42. The molecule has 0 fully saturated rings. The van der Waals surface area contributed by atoms with Crippen LogP contribution in [-0.2, 0) is 4.79 Å². The molecule has 5 heteroatoms. The predicted octanol–water partition coefficient (Wildman–Crippen LogP) is 0.797. The number of hydrogen-bond acceptors (Lipinski definition) is 4. The van der Waals surface area contributed by atoms with E-state index in [-0.39, 0.29) is 16.7 Å². The van der Waals surface area contributed by atoms with E-state index in [1.165, 1.54) is 12.1 Å².